The summed E-state index contributed by atoms with van der Waals surface area (Å²) < 4.78 is 1.56. The molecule has 2 atom stereocenters. The summed E-state index contributed by atoms with van der Waals surface area (Å²) in [6, 6.07) is 2.05. The fourth-order valence-corrected chi connectivity index (χ4v) is 5.76. The first-order chi connectivity index (χ1) is 12.2. The average Bonchev–Trinajstić information content (AvgIpc) is 3.10. The van der Waals surface area contributed by atoms with E-state index in [2.05, 4.69) is 9.88 Å². The molecule has 0 spiro atoms. The highest BCUT2D eigenvalue weighted by Crippen LogP contribution is 2.35. The number of aromatic nitrogens is 2. The summed E-state index contributed by atoms with van der Waals surface area (Å²) in [5, 5.41) is 1.86. The van der Waals surface area contributed by atoms with Crippen molar-refractivity contribution in [1.82, 2.24) is 14.3 Å². The van der Waals surface area contributed by atoms with E-state index in [4.69, 9.17) is 0 Å². The molecule has 2 aromatic heterocycles. The first-order valence-electron chi connectivity index (χ1n) is 9.05. The normalized spacial score (nSPS) is 23.6. The highest BCUT2D eigenvalue weighted by molar-refractivity contribution is 7.99. The minimum Gasteiger partial charge on any atom is -0.339 e. The van der Waals surface area contributed by atoms with Crippen LogP contribution in [0.1, 0.15) is 44.2 Å². The van der Waals surface area contributed by atoms with Crippen molar-refractivity contribution < 1.29 is 4.79 Å². The van der Waals surface area contributed by atoms with Crippen LogP contribution in [0.15, 0.2) is 22.4 Å². The third-order valence-corrected chi connectivity index (χ3v) is 7.10. The summed E-state index contributed by atoms with van der Waals surface area (Å²) in [7, 11) is 0. The maximum atomic E-state index is 12.7. The number of carbonyl (C=O) groups is 1. The molecule has 2 aliphatic rings. The van der Waals surface area contributed by atoms with E-state index in [-0.39, 0.29) is 11.5 Å². The molecule has 2 fully saturated rings. The van der Waals surface area contributed by atoms with Gasteiger partial charge in [0.25, 0.3) is 5.56 Å². The lowest BCUT2D eigenvalue weighted by molar-refractivity contribution is -0.134. The van der Waals surface area contributed by atoms with E-state index >= 15 is 0 Å². The van der Waals surface area contributed by atoms with Crippen molar-refractivity contribution in [2.45, 2.75) is 50.3 Å². The number of fused-ring (bicyclic) bond motifs is 2. The molecule has 0 radical (unpaired) electrons. The maximum absolute atomic E-state index is 12.7. The number of hydrogen-bond acceptors (Lipinski definition) is 5. The molecule has 1 amide bonds. The van der Waals surface area contributed by atoms with E-state index in [0.717, 1.165) is 29.5 Å². The van der Waals surface area contributed by atoms with Gasteiger partial charge in [-0.2, -0.15) is 0 Å². The molecule has 25 heavy (non-hydrogen) atoms. The molecule has 134 valence electrons. The molecule has 7 heteroatoms. The van der Waals surface area contributed by atoms with Crippen LogP contribution in [-0.2, 0) is 10.5 Å². The molecule has 1 aliphatic heterocycles. The van der Waals surface area contributed by atoms with Crippen LogP contribution < -0.4 is 5.56 Å². The van der Waals surface area contributed by atoms with Gasteiger partial charge in [-0.15, -0.1) is 23.1 Å². The van der Waals surface area contributed by atoms with Crippen LogP contribution in [0.25, 0.3) is 4.96 Å². The summed E-state index contributed by atoms with van der Waals surface area (Å²) >= 11 is 3.03. The van der Waals surface area contributed by atoms with Gasteiger partial charge in [-0.05, 0) is 31.6 Å². The van der Waals surface area contributed by atoms with Crippen LogP contribution in [0.4, 0.5) is 0 Å². The van der Waals surface area contributed by atoms with Gasteiger partial charge in [0.1, 0.15) is 0 Å². The quantitative estimate of drug-likeness (QED) is 0.821. The predicted molar refractivity (Wildman–Crippen MR) is 102 cm³/mol. The van der Waals surface area contributed by atoms with Crippen molar-refractivity contribution in [1.29, 1.82) is 0 Å². The fourth-order valence-electron chi connectivity index (χ4n) is 4.22. The molecule has 0 N–H and O–H groups in total. The molecular weight excluding hydrogens is 354 g/mol. The topological polar surface area (TPSA) is 54.7 Å². The molecule has 0 bridgehead atoms. The molecule has 2 unspecified atom stereocenters. The number of thioether (sulfide) groups is 1. The van der Waals surface area contributed by atoms with Gasteiger partial charge in [-0.3, -0.25) is 14.0 Å². The van der Waals surface area contributed by atoms with E-state index in [1.807, 2.05) is 5.38 Å². The maximum Gasteiger partial charge on any atom is 0.258 e. The Kier molecular flexibility index (Phi) is 5.12. The van der Waals surface area contributed by atoms with Gasteiger partial charge in [0.2, 0.25) is 5.91 Å². The van der Waals surface area contributed by atoms with Crippen LogP contribution in [-0.4, -0.2) is 38.5 Å². The lowest BCUT2D eigenvalue weighted by Crippen LogP contribution is -2.50. The van der Waals surface area contributed by atoms with Crippen LogP contribution in [0.2, 0.25) is 0 Å². The van der Waals surface area contributed by atoms with Gasteiger partial charge in [-0.25, -0.2) is 4.98 Å². The zero-order chi connectivity index (χ0) is 17.2. The summed E-state index contributed by atoms with van der Waals surface area (Å²) in [5.74, 6) is 2.07. The van der Waals surface area contributed by atoms with Gasteiger partial charge in [0, 0.05) is 36.0 Å². The lowest BCUT2D eigenvalue weighted by Gasteiger charge is -2.44. The molecule has 1 saturated carbocycles. The third kappa shape index (κ3) is 3.62. The third-order valence-electron chi connectivity index (χ3n) is 5.40. The van der Waals surface area contributed by atoms with E-state index in [9.17, 15) is 9.59 Å². The van der Waals surface area contributed by atoms with Gasteiger partial charge in [-0.1, -0.05) is 12.8 Å². The SMILES string of the molecule is O=C(CSCc1cc(=O)n2ccsc2n1)N1CCCC2CCCCC21. The number of amides is 1. The molecule has 5 nitrogen and oxygen atoms in total. The minimum absolute atomic E-state index is 0.0470. The zero-order valence-electron chi connectivity index (χ0n) is 14.2. The predicted octanol–water partition coefficient (Wildman–Crippen LogP) is 3.17. The first-order valence-corrected chi connectivity index (χ1v) is 11.1. The highest BCUT2D eigenvalue weighted by Gasteiger charge is 2.35. The van der Waals surface area contributed by atoms with Crippen molar-refractivity contribution in [2.24, 2.45) is 5.92 Å². The van der Waals surface area contributed by atoms with Crippen molar-refractivity contribution in [3.63, 3.8) is 0 Å². The smallest absolute Gasteiger partial charge is 0.258 e. The van der Waals surface area contributed by atoms with Crippen molar-refractivity contribution in [3.8, 4) is 0 Å². The largest absolute Gasteiger partial charge is 0.339 e. The van der Waals surface area contributed by atoms with Gasteiger partial charge >= 0.3 is 0 Å². The number of rotatable bonds is 4. The number of hydrogen-bond donors (Lipinski definition) is 0. The van der Waals surface area contributed by atoms with Crippen LogP contribution in [0.3, 0.4) is 0 Å². The molecule has 0 aromatic carbocycles. The molecular formula is C18H23N3O2S2. The second-order valence-corrected chi connectivity index (χ2v) is 8.83. The Morgan fingerprint density at radius 3 is 3.04 bits per heavy atom. The lowest BCUT2D eigenvalue weighted by atomic mass is 9.78. The number of likely N-dealkylation sites (tertiary alicyclic amines) is 1. The Balaban J connectivity index is 1.35. The number of carbonyl (C=O) groups excluding carboxylic acids is 1. The molecule has 4 rings (SSSR count). The van der Waals surface area contributed by atoms with E-state index in [1.54, 1.807) is 28.4 Å². The Bertz CT molecular complexity index is 814. The van der Waals surface area contributed by atoms with Gasteiger partial charge < -0.3 is 4.90 Å². The van der Waals surface area contributed by atoms with Crippen molar-refractivity contribution >= 4 is 34.0 Å². The Morgan fingerprint density at radius 1 is 1.28 bits per heavy atom. The van der Waals surface area contributed by atoms with Crippen molar-refractivity contribution in [2.75, 3.05) is 12.3 Å². The second kappa shape index (κ2) is 7.50. The Hall–Kier alpha value is -1.34. The van der Waals surface area contributed by atoms with Crippen molar-refractivity contribution in [3.05, 3.63) is 33.7 Å². The van der Waals surface area contributed by atoms with Gasteiger partial charge in [0.05, 0.1) is 11.4 Å². The second-order valence-electron chi connectivity index (χ2n) is 6.98. The van der Waals surface area contributed by atoms with Crippen LogP contribution in [0.5, 0.6) is 0 Å². The number of piperidine rings is 1. The Morgan fingerprint density at radius 2 is 2.12 bits per heavy atom. The standard InChI is InChI=1S/C18H23N3O2S2/c22-16-10-14(19-18-21(16)8-9-25-18)11-24-12-17(23)20-7-3-5-13-4-1-2-6-15(13)20/h8-10,13,15H,1-7,11-12H2. The number of thiazole rings is 1. The Labute approximate surface area is 155 Å². The van der Waals surface area contributed by atoms with Crippen LogP contribution >= 0.6 is 23.1 Å². The van der Waals surface area contributed by atoms with Gasteiger partial charge in [0.15, 0.2) is 4.96 Å². The molecule has 3 heterocycles. The van der Waals surface area contributed by atoms with Crippen LogP contribution in [0, 0.1) is 5.92 Å². The monoisotopic (exact) mass is 377 g/mol. The molecule has 2 aromatic rings. The minimum atomic E-state index is -0.0470. The zero-order valence-corrected chi connectivity index (χ0v) is 15.9. The number of nitrogens with zero attached hydrogens (tertiary/aromatic N) is 3. The molecule has 1 saturated heterocycles. The average molecular weight is 378 g/mol. The van der Waals surface area contributed by atoms with E-state index < -0.39 is 0 Å². The summed E-state index contributed by atoms with van der Waals surface area (Å²) in [4.78, 5) is 32.1. The highest BCUT2D eigenvalue weighted by atomic mass is 32.2. The van der Waals surface area contributed by atoms with E-state index in [1.165, 1.54) is 43.4 Å². The van der Waals surface area contributed by atoms with E-state index in [0.29, 0.717) is 17.5 Å². The first kappa shape index (κ1) is 17.1. The summed E-state index contributed by atoms with van der Waals surface area (Å²) in [5.41, 5.74) is 0.716. The summed E-state index contributed by atoms with van der Waals surface area (Å²) in [6.07, 6.45) is 9.22. The summed E-state index contributed by atoms with van der Waals surface area (Å²) in [6.45, 7) is 0.918. The molecule has 1 aliphatic carbocycles. The fraction of sp³-hybridized carbons (Fsp3) is 0.611.